The van der Waals surface area contributed by atoms with Crippen molar-refractivity contribution in [1.82, 2.24) is 4.98 Å². The van der Waals surface area contributed by atoms with Gasteiger partial charge in [0.1, 0.15) is 5.69 Å². The van der Waals surface area contributed by atoms with Crippen molar-refractivity contribution >= 4 is 38.9 Å². The Kier molecular flexibility index (Phi) is 5.77. The third-order valence-corrected chi connectivity index (χ3v) is 4.26. The second-order valence-corrected chi connectivity index (χ2v) is 6.58. The Balaban J connectivity index is 1.70. The summed E-state index contributed by atoms with van der Waals surface area (Å²) in [6.45, 7) is 0.376. The summed E-state index contributed by atoms with van der Waals surface area (Å²) in [5, 5.41) is 17.1. The van der Waals surface area contributed by atoms with E-state index < -0.39 is 4.92 Å². The van der Waals surface area contributed by atoms with E-state index in [2.05, 4.69) is 31.5 Å². The molecule has 0 bridgehead atoms. The Morgan fingerprint density at radius 3 is 2.63 bits per heavy atom. The Morgan fingerprint density at radius 2 is 1.89 bits per heavy atom. The van der Waals surface area contributed by atoms with Crippen LogP contribution in [0.15, 0.2) is 71.5 Å². The summed E-state index contributed by atoms with van der Waals surface area (Å²) >= 11 is 3.24. The first-order chi connectivity index (χ1) is 13.0. The van der Waals surface area contributed by atoms with Gasteiger partial charge in [0, 0.05) is 40.7 Å². The molecule has 3 rings (SSSR count). The lowest BCUT2D eigenvalue weighted by Gasteiger charge is -2.10. The molecule has 0 aliphatic heterocycles. The SMILES string of the molecule is O=C(Nc1cccc(CNc2ccc(Br)cc2[N+](=O)[O-])c1)c1ccncc1. The molecule has 136 valence electrons. The Morgan fingerprint density at radius 1 is 1.11 bits per heavy atom. The summed E-state index contributed by atoms with van der Waals surface area (Å²) in [4.78, 5) is 26.9. The predicted molar refractivity (Wildman–Crippen MR) is 107 cm³/mol. The molecule has 1 amide bonds. The molecule has 0 fully saturated rings. The van der Waals surface area contributed by atoms with E-state index in [4.69, 9.17) is 0 Å². The van der Waals surface area contributed by atoms with E-state index in [0.29, 0.717) is 28.0 Å². The van der Waals surface area contributed by atoms with Crippen LogP contribution in [0.4, 0.5) is 17.1 Å². The number of hydrogen-bond donors (Lipinski definition) is 2. The predicted octanol–water partition coefficient (Wildman–Crippen LogP) is 4.62. The van der Waals surface area contributed by atoms with Crippen LogP contribution in [0, 0.1) is 10.1 Å². The molecule has 8 heteroatoms. The van der Waals surface area contributed by atoms with Crippen LogP contribution in [-0.4, -0.2) is 15.8 Å². The van der Waals surface area contributed by atoms with E-state index in [1.807, 2.05) is 18.2 Å². The number of carbonyl (C=O) groups is 1. The lowest BCUT2D eigenvalue weighted by Crippen LogP contribution is -2.12. The summed E-state index contributed by atoms with van der Waals surface area (Å²) in [7, 11) is 0. The quantitative estimate of drug-likeness (QED) is 0.442. The Bertz CT molecular complexity index is 980. The summed E-state index contributed by atoms with van der Waals surface area (Å²) in [5.41, 5.74) is 2.45. The minimum atomic E-state index is -0.432. The number of carbonyl (C=O) groups excluding carboxylic acids is 1. The van der Waals surface area contributed by atoms with Crippen molar-refractivity contribution in [2.75, 3.05) is 10.6 Å². The summed E-state index contributed by atoms with van der Waals surface area (Å²) < 4.78 is 0.639. The third-order valence-electron chi connectivity index (χ3n) is 3.77. The number of nitrogens with zero attached hydrogens (tertiary/aromatic N) is 2. The zero-order valence-corrected chi connectivity index (χ0v) is 15.6. The molecule has 2 aromatic carbocycles. The van der Waals surface area contributed by atoms with E-state index in [0.717, 1.165) is 5.56 Å². The number of nitro benzene ring substituents is 1. The molecule has 0 saturated carbocycles. The second kappa shape index (κ2) is 8.41. The molecular weight excluding hydrogens is 412 g/mol. The second-order valence-electron chi connectivity index (χ2n) is 5.66. The largest absolute Gasteiger partial charge is 0.375 e. The molecule has 0 aliphatic rings. The van der Waals surface area contributed by atoms with Gasteiger partial charge >= 0.3 is 0 Å². The summed E-state index contributed by atoms with van der Waals surface area (Å²) in [6, 6.07) is 15.4. The van der Waals surface area contributed by atoms with Gasteiger partial charge in [0.15, 0.2) is 0 Å². The van der Waals surface area contributed by atoms with Gasteiger partial charge in [-0.1, -0.05) is 28.1 Å². The minimum absolute atomic E-state index is 0.00785. The van der Waals surface area contributed by atoms with Crippen molar-refractivity contribution in [2.24, 2.45) is 0 Å². The van der Waals surface area contributed by atoms with Gasteiger partial charge in [0.05, 0.1) is 4.92 Å². The van der Waals surface area contributed by atoms with E-state index in [1.165, 1.54) is 6.07 Å². The van der Waals surface area contributed by atoms with Crippen molar-refractivity contribution in [3.8, 4) is 0 Å². The first kappa shape index (κ1) is 18.5. The molecule has 0 spiro atoms. The van der Waals surface area contributed by atoms with Crippen LogP contribution in [0.25, 0.3) is 0 Å². The van der Waals surface area contributed by atoms with Gasteiger partial charge in [-0.3, -0.25) is 19.9 Å². The number of nitro groups is 1. The molecule has 7 nitrogen and oxygen atoms in total. The van der Waals surface area contributed by atoms with Crippen molar-refractivity contribution in [3.63, 3.8) is 0 Å². The highest BCUT2D eigenvalue weighted by molar-refractivity contribution is 9.10. The highest BCUT2D eigenvalue weighted by Gasteiger charge is 2.14. The number of nitrogens with one attached hydrogen (secondary N) is 2. The summed E-state index contributed by atoms with van der Waals surface area (Å²) in [6.07, 6.45) is 3.11. The number of pyridine rings is 1. The van der Waals surface area contributed by atoms with Crippen molar-refractivity contribution < 1.29 is 9.72 Å². The molecule has 1 aromatic heterocycles. The van der Waals surface area contributed by atoms with Gasteiger partial charge in [-0.15, -0.1) is 0 Å². The van der Waals surface area contributed by atoms with Gasteiger partial charge in [0.2, 0.25) is 0 Å². The fourth-order valence-corrected chi connectivity index (χ4v) is 2.82. The van der Waals surface area contributed by atoms with Gasteiger partial charge in [-0.2, -0.15) is 0 Å². The molecule has 0 saturated heterocycles. The van der Waals surface area contributed by atoms with Crippen LogP contribution >= 0.6 is 15.9 Å². The molecule has 0 aliphatic carbocycles. The van der Waals surface area contributed by atoms with Crippen LogP contribution in [0.1, 0.15) is 15.9 Å². The average molecular weight is 427 g/mol. The van der Waals surface area contributed by atoms with E-state index >= 15 is 0 Å². The topological polar surface area (TPSA) is 97.2 Å². The number of anilines is 2. The Labute approximate surface area is 163 Å². The van der Waals surface area contributed by atoms with Gasteiger partial charge in [-0.05, 0) is 42.0 Å². The monoisotopic (exact) mass is 426 g/mol. The smallest absolute Gasteiger partial charge is 0.293 e. The molecule has 3 aromatic rings. The van der Waals surface area contributed by atoms with Crippen LogP contribution < -0.4 is 10.6 Å². The molecule has 27 heavy (non-hydrogen) atoms. The highest BCUT2D eigenvalue weighted by atomic mass is 79.9. The van der Waals surface area contributed by atoms with Gasteiger partial charge in [-0.25, -0.2) is 0 Å². The van der Waals surface area contributed by atoms with Crippen molar-refractivity contribution in [1.29, 1.82) is 0 Å². The minimum Gasteiger partial charge on any atom is -0.375 e. The fourth-order valence-electron chi connectivity index (χ4n) is 2.47. The van der Waals surface area contributed by atoms with Gasteiger partial charge < -0.3 is 10.6 Å². The van der Waals surface area contributed by atoms with Gasteiger partial charge in [0.25, 0.3) is 11.6 Å². The maximum Gasteiger partial charge on any atom is 0.293 e. The van der Waals surface area contributed by atoms with Crippen molar-refractivity contribution in [2.45, 2.75) is 6.54 Å². The van der Waals surface area contributed by atoms with Crippen LogP contribution in [0.3, 0.4) is 0 Å². The fraction of sp³-hybridized carbons (Fsp3) is 0.0526. The lowest BCUT2D eigenvalue weighted by molar-refractivity contribution is -0.384. The van der Waals surface area contributed by atoms with E-state index in [-0.39, 0.29) is 11.6 Å². The summed E-state index contributed by atoms with van der Waals surface area (Å²) in [5.74, 6) is -0.231. The molecule has 1 heterocycles. The molecular formula is C19H15BrN4O3. The lowest BCUT2D eigenvalue weighted by atomic mass is 10.1. The number of amides is 1. The van der Waals surface area contributed by atoms with Crippen LogP contribution in [0.5, 0.6) is 0 Å². The van der Waals surface area contributed by atoms with Crippen molar-refractivity contribution in [3.05, 3.63) is 92.7 Å². The zero-order chi connectivity index (χ0) is 19.2. The molecule has 0 atom stereocenters. The number of halogens is 1. The maximum atomic E-state index is 12.2. The molecule has 2 N–H and O–H groups in total. The highest BCUT2D eigenvalue weighted by Crippen LogP contribution is 2.28. The van der Waals surface area contributed by atoms with E-state index in [9.17, 15) is 14.9 Å². The average Bonchev–Trinajstić information content (AvgIpc) is 2.68. The normalized spacial score (nSPS) is 10.3. The number of rotatable bonds is 6. The number of aromatic nitrogens is 1. The third kappa shape index (κ3) is 4.89. The molecule has 0 radical (unpaired) electrons. The number of benzene rings is 2. The van der Waals surface area contributed by atoms with Crippen LogP contribution in [-0.2, 0) is 6.54 Å². The zero-order valence-electron chi connectivity index (χ0n) is 14.1. The maximum absolute atomic E-state index is 12.2. The Hall–Kier alpha value is -3.26. The standard InChI is InChI=1S/C19H15BrN4O3/c20-15-4-5-17(18(11-15)24(26)27)22-12-13-2-1-3-16(10-13)23-19(25)14-6-8-21-9-7-14/h1-11,22H,12H2,(H,23,25). The van der Waals surface area contributed by atoms with Crippen LogP contribution in [0.2, 0.25) is 0 Å². The number of hydrogen-bond acceptors (Lipinski definition) is 5. The first-order valence-corrected chi connectivity index (χ1v) is 8.80. The molecule has 0 unspecified atom stereocenters. The van der Waals surface area contributed by atoms with E-state index in [1.54, 1.807) is 42.7 Å². The first-order valence-electron chi connectivity index (χ1n) is 8.01.